The van der Waals surface area contributed by atoms with Crippen LogP contribution in [0.3, 0.4) is 0 Å². The molecule has 3 aromatic rings. The average molecular weight is 358 g/mol. The number of ether oxygens (including phenoxy) is 1. The maximum Gasteiger partial charge on any atom is 0.262 e. The Morgan fingerprint density at radius 2 is 1.74 bits per heavy atom. The van der Waals surface area contributed by atoms with Crippen molar-refractivity contribution in [3.05, 3.63) is 89.5 Å². The smallest absolute Gasteiger partial charge is 0.262 e. The summed E-state index contributed by atoms with van der Waals surface area (Å²) >= 11 is 0. The van der Waals surface area contributed by atoms with Gasteiger partial charge in [0.15, 0.2) is 6.61 Å². The molecular weight excluding hydrogens is 336 g/mol. The third-order valence-corrected chi connectivity index (χ3v) is 4.01. The van der Waals surface area contributed by atoms with Crippen LogP contribution in [0.4, 0.5) is 11.4 Å². The van der Waals surface area contributed by atoms with E-state index >= 15 is 0 Å². The fraction of sp³-hybridized carbons (Fsp3) is 0.130. The Labute approximate surface area is 159 Å². The molecule has 1 amide bonds. The van der Waals surface area contributed by atoms with Crippen molar-refractivity contribution in [1.29, 1.82) is 0 Å². The number of nitrogens with zero attached hydrogens (tertiary/aromatic N) is 1. The number of para-hydroxylation sites is 1. The molecular formula is C23H22N2O2. The zero-order valence-corrected chi connectivity index (χ0v) is 15.5. The Bertz CT molecular complexity index is 932. The van der Waals surface area contributed by atoms with E-state index in [4.69, 9.17) is 4.74 Å². The van der Waals surface area contributed by atoms with E-state index < -0.39 is 0 Å². The predicted molar refractivity (Wildman–Crippen MR) is 110 cm³/mol. The summed E-state index contributed by atoms with van der Waals surface area (Å²) in [5, 5.41) is 2.79. The zero-order valence-electron chi connectivity index (χ0n) is 15.5. The van der Waals surface area contributed by atoms with Crippen molar-refractivity contribution < 1.29 is 9.53 Å². The number of hydrogen-bond donors (Lipinski definition) is 1. The van der Waals surface area contributed by atoms with E-state index in [0.717, 1.165) is 22.5 Å². The highest BCUT2D eigenvalue weighted by Gasteiger charge is 2.03. The highest BCUT2D eigenvalue weighted by molar-refractivity contribution is 5.91. The highest BCUT2D eigenvalue weighted by Crippen LogP contribution is 2.19. The van der Waals surface area contributed by atoms with Gasteiger partial charge in [-0.15, -0.1) is 0 Å². The normalized spacial score (nSPS) is 10.7. The van der Waals surface area contributed by atoms with Crippen molar-refractivity contribution in [3.63, 3.8) is 0 Å². The minimum atomic E-state index is -0.193. The first-order chi connectivity index (χ1) is 13.1. The molecule has 0 aliphatic rings. The van der Waals surface area contributed by atoms with Gasteiger partial charge in [0.2, 0.25) is 0 Å². The van der Waals surface area contributed by atoms with Crippen LogP contribution < -0.4 is 10.1 Å². The molecule has 0 spiro atoms. The maximum absolute atomic E-state index is 11.9. The van der Waals surface area contributed by atoms with E-state index in [-0.39, 0.29) is 12.5 Å². The molecule has 0 atom stereocenters. The number of rotatable bonds is 6. The van der Waals surface area contributed by atoms with E-state index in [0.29, 0.717) is 5.75 Å². The molecule has 0 fully saturated rings. The first-order valence-corrected chi connectivity index (χ1v) is 8.79. The van der Waals surface area contributed by atoms with Crippen LogP contribution in [-0.2, 0) is 4.79 Å². The van der Waals surface area contributed by atoms with E-state index in [1.807, 2.05) is 66.9 Å². The van der Waals surface area contributed by atoms with E-state index in [2.05, 4.69) is 36.3 Å². The minimum Gasteiger partial charge on any atom is -0.484 e. The minimum absolute atomic E-state index is 0.0368. The Morgan fingerprint density at radius 1 is 1.00 bits per heavy atom. The molecule has 0 heterocycles. The second-order valence-corrected chi connectivity index (χ2v) is 6.32. The van der Waals surface area contributed by atoms with Crippen LogP contribution >= 0.6 is 0 Å². The molecule has 0 saturated carbocycles. The molecule has 0 aromatic heterocycles. The Kier molecular flexibility index (Phi) is 6.00. The van der Waals surface area contributed by atoms with Gasteiger partial charge in [0, 0.05) is 11.9 Å². The lowest BCUT2D eigenvalue weighted by Crippen LogP contribution is -2.20. The third kappa shape index (κ3) is 5.54. The van der Waals surface area contributed by atoms with Gasteiger partial charge in [0.25, 0.3) is 5.91 Å². The van der Waals surface area contributed by atoms with Crippen molar-refractivity contribution in [2.24, 2.45) is 4.99 Å². The molecule has 0 saturated heterocycles. The summed E-state index contributed by atoms with van der Waals surface area (Å²) in [6.07, 6.45) is 1.82. The third-order valence-electron chi connectivity index (χ3n) is 4.01. The number of anilines is 1. The quantitative estimate of drug-likeness (QED) is 0.625. The summed E-state index contributed by atoms with van der Waals surface area (Å²) in [6, 6.07) is 23.0. The number of nitrogens with one attached hydrogen (secondary N) is 1. The zero-order chi connectivity index (χ0) is 19.1. The largest absolute Gasteiger partial charge is 0.484 e. The molecule has 4 heteroatoms. The van der Waals surface area contributed by atoms with Crippen molar-refractivity contribution in [3.8, 4) is 5.75 Å². The van der Waals surface area contributed by atoms with Gasteiger partial charge >= 0.3 is 0 Å². The molecule has 3 rings (SSSR count). The second kappa shape index (κ2) is 8.81. The standard InChI is InChI=1S/C23H22N2O2/c1-17-8-13-22(18(2)14-17)24-15-19-9-11-21(12-10-19)27-16-23(26)25-20-6-4-3-5-7-20/h3-15H,16H2,1-2H3,(H,25,26). The summed E-state index contributed by atoms with van der Waals surface area (Å²) in [5.41, 5.74) is 5.05. The van der Waals surface area contributed by atoms with E-state index in [1.165, 1.54) is 5.56 Å². The molecule has 0 radical (unpaired) electrons. The number of carbonyl (C=O) groups excluding carboxylic acids is 1. The van der Waals surface area contributed by atoms with Gasteiger partial charge in [0.1, 0.15) is 5.75 Å². The molecule has 1 N–H and O–H groups in total. The van der Waals surface area contributed by atoms with Crippen LogP contribution in [0.5, 0.6) is 5.75 Å². The van der Waals surface area contributed by atoms with Crippen LogP contribution in [0.15, 0.2) is 77.8 Å². The van der Waals surface area contributed by atoms with Gasteiger partial charge in [-0.1, -0.05) is 35.9 Å². The van der Waals surface area contributed by atoms with Crippen LogP contribution in [0.25, 0.3) is 0 Å². The van der Waals surface area contributed by atoms with Gasteiger partial charge < -0.3 is 10.1 Å². The number of hydrogen-bond acceptors (Lipinski definition) is 3. The average Bonchev–Trinajstić information content (AvgIpc) is 2.67. The van der Waals surface area contributed by atoms with Gasteiger partial charge in [-0.25, -0.2) is 0 Å². The Morgan fingerprint density at radius 3 is 2.44 bits per heavy atom. The first-order valence-electron chi connectivity index (χ1n) is 8.79. The fourth-order valence-corrected chi connectivity index (χ4v) is 2.61. The number of amides is 1. The summed E-state index contributed by atoms with van der Waals surface area (Å²) < 4.78 is 5.53. The van der Waals surface area contributed by atoms with Crippen LogP contribution in [-0.4, -0.2) is 18.7 Å². The molecule has 0 aliphatic heterocycles. The fourth-order valence-electron chi connectivity index (χ4n) is 2.61. The van der Waals surface area contributed by atoms with Crippen molar-refractivity contribution in [2.75, 3.05) is 11.9 Å². The Hall–Kier alpha value is -3.40. The summed E-state index contributed by atoms with van der Waals surface area (Å²) in [4.78, 5) is 16.4. The summed E-state index contributed by atoms with van der Waals surface area (Å²) in [7, 11) is 0. The number of carbonyl (C=O) groups is 1. The molecule has 136 valence electrons. The lowest BCUT2D eigenvalue weighted by molar-refractivity contribution is -0.118. The lowest BCUT2D eigenvalue weighted by atomic mass is 10.1. The second-order valence-electron chi connectivity index (χ2n) is 6.32. The molecule has 0 unspecified atom stereocenters. The Balaban J connectivity index is 1.54. The monoisotopic (exact) mass is 358 g/mol. The number of aliphatic imine (C=N–C) groups is 1. The molecule has 3 aromatic carbocycles. The van der Waals surface area contributed by atoms with Gasteiger partial charge in [-0.05, 0) is 67.4 Å². The number of aryl methyl sites for hydroxylation is 2. The van der Waals surface area contributed by atoms with Crippen LogP contribution in [0.1, 0.15) is 16.7 Å². The molecule has 4 nitrogen and oxygen atoms in total. The molecule has 0 bridgehead atoms. The highest BCUT2D eigenvalue weighted by atomic mass is 16.5. The molecule has 27 heavy (non-hydrogen) atoms. The van der Waals surface area contributed by atoms with Crippen molar-refractivity contribution in [1.82, 2.24) is 0 Å². The van der Waals surface area contributed by atoms with Gasteiger partial charge in [0.05, 0.1) is 5.69 Å². The van der Waals surface area contributed by atoms with Gasteiger partial charge in [-0.2, -0.15) is 0 Å². The topological polar surface area (TPSA) is 50.7 Å². The van der Waals surface area contributed by atoms with Crippen LogP contribution in [0, 0.1) is 13.8 Å². The SMILES string of the molecule is Cc1ccc(N=Cc2ccc(OCC(=O)Nc3ccccc3)cc2)c(C)c1. The first kappa shape index (κ1) is 18.4. The lowest BCUT2D eigenvalue weighted by Gasteiger charge is -2.07. The van der Waals surface area contributed by atoms with Crippen molar-refractivity contribution in [2.45, 2.75) is 13.8 Å². The van der Waals surface area contributed by atoms with E-state index in [1.54, 1.807) is 0 Å². The summed E-state index contributed by atoms with van der Waals surface area (Å²) in [6.45, 7) is 4.08. The van der Waals surface area contributed by atoms with Crippen molar-refractivity contribution >= 4 is 23.5 Å². The summed E-state index contributed by atoms with van der Waals surface area (Å²) in [5.74, 6) is 0.448. The molecule has 0 aliphatic carbocycles. The van der Waals surface area contributed by atoms with Gasteiger partial charge in [-0.3, -0.25) is 9.79 Å². The number of benzene rings is 3. The predicted octanol–water partition coefficient (Wildman–Crippen LogP) is 5.07. The van der Waals surface area contributed by atoms with E-state index in [9.17, 15) is 4.79 Å². The van der Waals surface area contributed by atoms with Crippen LogP contribution in [0.2, 0.25) is 0 Å². The maximum atomic E-state index is 11.9.